The zero-order valence-electron chi connectivity index (χ0n) is 14.5. The molecule has 1 aliphatic rings. The van der Waals surface area contributed by atoms with Gasteiger partial charge >= 0.3 is 0 Å². The number of dihydropyridines is 1. The highest BCUT2D eigenvalue weighted by Gasteiger charge is 2.32. The van der Waals surface area contributed by atoms with Gasteiger partial charge in [-0.1, -0.05) is 43.7 Å². The lowest BCUT2D eigenvalue weighted by atomic mass is 9.78. The summed E-state index contributed by atoms with van der Waals surface area (Å²) in [4.78, 5) is 12.2. The van der Waals surface area contributed by atoms with Crippen LogP contribution in [0.1, 0.15) is 51.2 Å². The SMILES string of the molecule is CC(=O)C1=C(C)NC(CC(C)C)=C(C#N)C1c1ccc(C)cc1. The molecule has 0 fully saturated rings. The van der Waals surface area contributed by atoms with E-state index >= 15 is 0 Å². The number of aryl methyl sites for hydroxylation is 1. The van der Waals surface area contributed by atoms with Gasteiger partial charge in [-0.15, -0.1) is 0 Å². The van der Waals surface area contributed by atoms with Crippen LogP contribution in [-0.2, 0) is 4.79 Å². The Morgan fingerprint density at radius 3 is 2.35 bits per heavy atom. The number of allylic oxidation sites excluding steroid dienone is 4. The number of carbonyl (C=O) groups excluding carboxylic acids is 1. The lowest BCUT2D eigenvalue weighted by Crippen LogP contribution is -2.28. The van der Waals surface area contributed by atoms with Gasteiger partial charge < -0.3 is 5.32 Å². The first kappa shape index (κ1) is 17.0. The lowest BCUT2D eigenvalue weighted by Gasteiger charge is -2.30. The van der Waals surface area contributed by atoms with Gasteiger partial charge in [0.2, 0.25) is 0 Å². The predicted molar refractivity (Wildman–Crippen MR) is 92.5 cm³/mol. The molecule has 0 saturated heterocycles. The van der Waals surface area contributed by atoms with Crippen LogP contribution in [0.3, 0.4) is 0 Å². The second-order valence-corrected chi connectivity index (χ2v) is 6.67. The normalized spacial score (nSPS) is 18.0. The second-order valence-electron chi connectivity index (χ2n) is 6.67. The average molecular weight is 308 g/mol. The minimum atomic E-state index is -0.270. The van der Waals surface area contributed by atoms with Crippen molar-refractivity contribution in [2.45, 2.75) is 47.0 Å². The highest BCUT2D eigenvalue weighted by atomic mass is 16.1. The Hall–Kier alpha value is -2.34. The van der Waals surface area contributed by atoms with E-state index < -0.39 is 0 Å². The molecular weight excluding hydrogens is 284 g/mol. The molecule has 0 saturated carbocycles. The smallest absolute Gasteiger partial charge is 0.158 e. The van der Waals surface area contributed by atoms with Gasteiger partial charge in [0.15, 0.2) is 5.78 Å². The Bertz CT molecular complexity index is 715. The maximum absolute atomic E-state index is 12.2. The van der Waals surface area contributed by atoms with Gasteiger partial charge in [0.05, 0.1) is 17.6 Å². The molecule has 120 valence electrons. The number of Topliss-reactive ketones (excluding diaryl/α,β-unsaturated/α-hetero) is 1. The van der Waals surface area contributed by atoms with E-state index in [1.165, 1.54) is 0 Å². The molecule has 23 heavy (non-hydrogen) atoms. The van der Waals surface area contributed by atoms with E-state index in [0.717, 1.165) is 28.9 Å². The molecule has 0 radical (unpaired) electrons. The summed E-state index contributed by atoms with van der Waals surface area (Å²) in [6.07, 6.45) is 0.799. The largest absolute Gasteiger partial charge is 0.361 e. The van der Waals surface area contributed by atoms with Crippen molar-refractivity contribution in [2.24, 2.45) is 5.92 Å². The van der Waals surface area contributed by atoms with Crippen LogP contribution in [0.4, 0.5) is 0 Å². The van der Waals surface area contributed by atoms with Crippen molar-refractivity contribution in [1.29, 1.82) is 5.26 Å². The van der Waals surface area contributed by atoms with Crippen LogP contribution in [-0.4, -0.2) is 5.78 Å². The third-order valence-corrected chi connectivity index (χ3v) is 4.17. The second kappa shape index (κ2) is 6.83. The molecule has 3 nitrogen and oxygen atoms in total. The van der Waals surface area contributed by atoms with E-state index in [9.17, 15) is 10.1 Å². The van der Waals surface area contributed by atoms with E-state index in [-0.39, 0.29) is 11.7 Å². The summed E-state index contributed by atoms with van der Waals surface area (Å²) in [6, 6.07) is 10.5. The first-order valence-corrected chi connectivity index (χ1v) is 8.03. The molecule has 3 heteroatoms. The summed E-state index contributed by atoms with van der Waals surface area (Å²) in [5, 5.41) is 13.1. The molecule has 1 atom stereocenters. The van der Waals surface area contributed by atoms with Crippen molar-refractivity contribution >= 4 is 5.78 Å². The van der Waals surface area contributed by atoms with Gasteiger partial charge in [-0.3, -0.25) is 4.79 Å². The number of benzene rings is 1. The third-order valence-electron chi connectivity index (χ3n) is 4.17. The van der Waals surface area contributed by atoms with Crippen molar-refractivity contribution in [3.63, 3.8) is 0 Å². The van der Waals surface area contributed by atoms with Gasteiger partial charge in [-0.2, -0.15) is 5.26 Å². The molecule has 1 aromatic rings. The van der Waals surface area contributed by atoms with Gasteiger partial charge in [0, 0.05) is 17.0 Å². The fourth-order valence-electron chi connectivity index (χ4n) is 3.16. The van der Waals surface area contributed by atoms with Crippen molar-refractivity contribution < 1.29 is 4.79 Å². The first-order valence-electron chi connectivity index (χ1n) is 8.03. The van der Waals surface area contributed by atoms with Gasteiger partial charge in [0.25, 0.3) is 0 Å². The Morgan fingerprint density at radius 2 is 1.87 bits per heavy atom. The topological polar surface area (TPSA) is 52.9 Å². The van der Waals surface area contributed by atoms with E-state index in [1.807, 2.05) is 38.1 Å². The van der Waals surface area contributed by atoms with E-state index in [4.69, 9.17) is 0 Å². The van der Waals surface area contributed by atoms with Gasteiger partial charge in [-0.05, 0) is 38.7 Å². The van der Waals surface area contributed by atoms with Gasteiger partial charge in [0.1, 0.15) is 0 Å². The number of hydrogen-bond acceptors (Lipinski definition) is 3. The third kappa shape index (κ3) is 3.53. The molecule has 0 aromatic heterocycles. The van der Waals surface area contributed by atoms with Gasteiger partial charge in [-0.25, -0.2) is 0 Å². The van der Waals surface area contributed by atoms with Crippen LogP contribution in [0.5, 0.6) is 0 Å². The Balaban J connectivity index is 2.63. The highest BCUT2D eigenvalue weighted by molar-refractivity contribution is 5.97. The van der Waals surface area contributed by atoms with Crippen LogP contribution in [0.15, 0.2) is 46.8 Å². The quantitative estimate of drug-likeness (QED) is 0.898. The fraction of sp³-hybridized carbons (Fsp3) is 0.400. The van der Waals surface area contributed by atoms with Crippen molar-refractivity contribution in [2.75, 3.05) is 0 Å². The fourth-order valence-corrected chi connectivity index (χ4v) is 3.16. The maximum Gasteiger partial charge on any atom is 0.158 e. The zero-order valence-corrected chi connectivity index (χ0v) is 14.5. The van der Waals surface area contributed by atoms with Crippen molar-refractivity contribution in [1.82, 2.24) is 5.32 Å². The minimum absolute atomic E-state index is 0.0110. The van der Waals surface area contributed by atoms with Crippen LogP contribution in [0.2, 0.25) is 0 Å². The van der Waals surface area contributed by atoms with Crippen LogP contribution >= 0.6 is 0 Å². The van der Waals surface area contributed by atoms with Crippen LogP contribution in [0, 0.1) is 24.2 Å². The Kier molecular flexibility index (Phi) is 5.05. The molecule has 0 amide bonds. The summed E-state index contributed by atoms with van der Waals surface area (Å²) in [5.41, 5.74) is 5.32. The summed E-state index contributed by atoms with van der Waals surface area (Å²) in [5.74, 6) is 0.177. The number of nitrogens with zero attached hydrogens (tertiary/aromatic N) is 1. The Labute approximate surface area is 138 Å². The minimum Gasteiger partial charge on any atom is -0.361 e. The molecule has 0 aliphatic carbocycles. The molecule has 1 unspecified atom stereocenters. The molecule has 0 spiro atoms. The average Bonchev–Trinajstić information content (AvgIpc) is 2.46. The van der Waals surface area contributed by atoms with Crippen LogP contribution < -0.4 is 5.32 Å². The zero-order chi connectivity index (χ0) is 17.1. The molecule has 1 N–H and O–H groups in total. The van der Waals surface area contributed by atoms with Crippen LogP contribution in [0.25, 0.3) is 0 Å². The predicted octanol–water partition coefficient (Wildman–Crippen LogP) is 4.37. The number of carbonyl (C=O) groups is 1. The standard InChI is InChI=1S/C20H24N2O/c1-12(2)10-18-17(11-21)20(16-8-6-13(3)7-9-16)19(15(5)23)14(4)22-18/h6-9,12,20,22H,10H2,1-5H3. The van der Waals surface area contributed by atoms with E-state index in [1.54, 1.807) is 6.92 Å². The van der Waals surface area contributed by atoms with Crippen molar-refractivity contribution in [3.8, 4) is 6.07 Å². The Morgan fingerprint density at radius 1 is 1.26 bits per heavy atom. The number of nitriles is 1. The lowest BCUT2D eigenvalue weighted by molar-refractivity contribution is -0.113. The summed E-state index contributed by atoms with van der Waals surface area (Å²) >= 11 is 0. The first-order chi connectivity index (χ1) is 10.8. The number of hydrogen-bond donors (Lipinski definition) is 1. The van der Waals surface area contributed by atoms with Crippen molar-refractivity contribution in [3.05, 3.63) is 57.9 Å². The monoisotopic (exact) mass is 308 g/mol. The molecule has 1 heterocycles. The number of nitrogens with one attached hydrogen (secondary N) is 1. The molecule has 2 rings (SSSR count). The highest BCUT2D eigenvalue weighted by Crippen LogP contribution is 2.39. The number of rotatable bonds is 4. The maximum atomic E-state index is 12.2. The summed E-state index contributed by atoms with van der Waals surface area (Å²) in [7, 11) is 0. The van der Waals surface area contributed by atoms with E-state index in [0.29, 0.717) is 17.1 Å². The number of ketones is 1. The summed E-state index contributed by atoms with van der Waals surface area (Å²) < 4.78 is 0. The summed E-state index contributed by atoms with van der Waals surface area (Å²) in [6.45, 7) is 9.79. The van der Waals surface area contributed by atoms with E-state index in [2.05, 4.69) is 25.2 Å². The molecule has 0 bridgehead atoms. The molecule has 1 aliphatic heterocycles. The molecular formula is C20H24N2O. The molecule has 1 aromatic carbocycles.